The first-order valence-electron chi connectivity index (χ1n) is 11.6. The van der Waals surface area contributed by atoms with Gasteiger partial charge in [-0.1, -0.05) is 73.1 Å². The molecule has 0 aliphatic rings. The lowest BCUT2D eigenvalue weighted by Gasteiger charge is -2.32. The van der Waals surface area contributed by atoms with Gasteiger partial charge in [-0.25, -0.2) is 8.78 Å². The van der Waals surface area contributed by atoms with Gasteiger partial charge in [-0.2, -0.15) is 0 Å². The lowest BCUT2D eigenvalue weighted by molar-refractivity contribution is -0.141. The number of nitrogens with zero attached hydrogens (tertiary/aromatic N) is 1. The van der Waals surface area contributed by atoms with Crippen LogP contribution in [0.4, 0.5) is 8.78 Å². The zero-order valence-electron chi connectivity index (χ0n) is 19.8. The van der Waals surface area contributed by atoms with Gasteiger partial charge in [-0.3, -0.25) is 9.59 Å². The number of rotatable bonds is 10. The SMILES string of the molecule is CC[C@@H](C)NC(=O)[C@H](Cc1ccccc1)N(Cc1ccccc1F)C(=O)Cc1c(F)cccc1Cl. The molecule has 0 saturated carbocycles. The summed E-state index contributed by atoms with van der Waals surface area (Å²) in [6.07, 6.45) is 0.562. The predicted molar refractivity (Wildman–Crippen MR) is 134 cm³/mol. The fraction of sp³-hybridized carbons (Fsp3) is 0.286. The first-order valence-corrected chi connectivity index (χ1v) is 12.0. The van der Waals surface area contributed by atoms with E-state index in [1.807, 2.05) is 44.2 Å². The number of amides is 2. The normalized spacial score (nSPS) is 12.6. The average molecular weight is 499 g/mol. The second-order valence-electron chi connectivity index (χ2n) is 8.51. The highest BCUT2D eigenvalue weighted by molar-refractivity contribution is 6.31. The van der Waals surface area contributed by atoms with Crippen molar-refractivity contribution >= 4 is 23.4 Å². The van der Waals surface area contributed by atoms with Crippen LogP contribution in [0.1, 0.15) is 37.0 Å². The van der Waals surface area contributed by atoms with Crippen molar-refractivity contribution in [2.24, 2.45) is 0 Å². The van der Waals surface area contributed by atoms with Crippen molar-refractivity contribution in [3.05, 3.63) is 106 Å². The molecule has 2 atom stereocenters. The lowest BCUT2D eigenvalue weighted by atomic mass is 10.0. The van der Waals surface area contributed by atoms with E-state index in [0.29, 0.717) is 6.42 Å². The Hall–Kier alpha value is -3.25. The number of hydrogen-bond donors (Lipinski definition) is 1. The van der Waals surface area contributed by atoms with Crippen LogP contribution < -0.4 is 5.32 Å². The maximum absolute atomic E-state index is 14.6. The minimum Gasteiger partial charge on any atom is -0.352 e. The Balaban J connectivity index is 2.02. The summed E-state index contributed by atoms with van der Waals surface area (Å²) in [4.78, 5) is 28.4. The van der Waals surface area contributed by atoms with E-state index in [1.54, 1.807) is 18.2 Å². The molecule has 4 nitrogen and oxygen atoms in total. The Morgan fingerprint density at radius 1 is 0.943 bits per heavy atom. The van der Waals surface area contributed by atoms with Crippen LogP contribution in [0, 0.1) is 11.6 Å². The average Bonchev–Trinajstić information content (AvgIpc) is 2.85. The molecule has 0 unspecified atom stereocenters. The van der Waals surface area contributed by atoms with Gasteiger partial charge in [0.05, 0.1) is 6.42 Å². The molecule has 0 aliphatic heterocycles. The maximum atomic E-state index is 14.6. The molecule has 0 aromatic heterocycles. The number of carbonyl (C=O) groups is 2. The third kappa shape index (κ3) is 7.12. The predicted octanol–water partition coefficient (Wildman–Crippen LogP) is 5.72. The summed E-state index contributed by atoms with van der Waals surface area (Å²) >= 11 is 6.17. The molecular formula is C28H29ClF2N2O2. The Kier molecular flexibility index (Phi) is 9.38. The molecule has 0 heterocycles. The second kappa shape index (κ2) is 12.5. The van der Waals surface area contributed by atoms with Gasteiger partial charge in [0.1, 0.15) is 17.7 Å². The zero-order chi connectivity index (χ0) is 25.4. The van der Waals surface area contributed by atoms with Gasteiger partial charge in [0.25, 0.3) is 0 Å². The molecule has 3 aromatic rings. The maximum Gasteiger partial charge on any atom is 0.243 e. The number of benzene rings is 3. The first-order chi connectivity index (χ1) is 16.8. The van der Waals surface area contributed by atoms with E-state index in [0.717, 1.165) is 5.56 Å². The van der Waals surface area contributed by atoms with E-state index in [9.17, 15) is 18.4 Å². The number of carbonyl (C=O) groups excluding carboxylic acids is 2. The molecule has 0 fully saturated rings. The van der Waals surface area contributed by atoms with Crippen LogP contribution in [0.15, 0.2) is 72.8 Å². The molecule has 1 N–H and O–H groups in total. The largest absolute Gasteiger partial charge is 0.352 e. The number of halogens is 3. The highest BCUT2D eigenvalue weighted by Crippen LogP contribution is 2.23. The Morgan fingerprint density at radius 2 is 1.60 bits per heavy atom. The van der Waals surface area contributed by atoms with Gasteiger partial charge >= 0.3 is 0 Å². The quantitative estimate of drug-likeness (QED) is 0.389. The van der Waals surface area contributed by atoms with E-state index in [-0.39, 0.29) is 47.5 Å². The van der Waals surface area contributed by atoms with Crippen molar-refractivity contribution in [1.29, 1.82) is 0 Å². The van der Waals surface area contributed by atoms with Crippen LogP contribution in [-0.4, -0.2) is 28.8 Å². The van der Waals surface area contributed by atoms with Crippen molar-refractivity contribution in [3.63, 3.8) is 0 Å². The van der Waals surface area contributed by atoms with Gasteiger partial charge in [0, 0.05) is 35.2 Å². The highest BCUT2D eigenvalue weighted by Gasteiger charge is 2.32. The Morgan fingerprint density at radius 3 is 2.26 bits per heavy atom. The summed E-state index contributed by atoms with van der Waals surface area (Å²) in [5.41, 5.74) is 1.14. The third-order valence-corrected chi connectivity index (χ3v) is 6.31. The zero-order valence-corrected chi connectivity index (χ0v) is 20.6. The fourth-order valence-electron chi connectivity index (χ4n) is 3.76. The highest BCUT2D eigenvalue weighted by atomic mass is 35.5. The molecule has 3 aromatic carbocycles. The molecule has 2 amide bonds. The van der Waals surface area contributed by atoms with E-state index in [1.165, 1.54) is 29.2 Å². The summed E-state index contributed by atoms with van der Waals surface area (Å²) in [5.74, 6) is -1.98. The first kappa shape index (κ1) is 26.4. The van der Waals surface area contributed by atoms with E-state index >= 15 is 0 Å². The van der Waals surface area contributed by atoms with Crippen molar-refractivity contribution in [2.75, 3.05) is 0 Å². The lowest BCUT2D eigenvalue weighted by Crippen LogP contribution is -2.52. The molecule has 3 rings (SSSR count). The van der Waals surface area contributed by atoms with Gasteiger partial charge in [0.15, 0.2) is 0 Å². The van der Waals surface area contributed by atoms with Gasteiger partial charge in [0.2, 0.25) is 11.8 Å². The van der Waals surface area contributed by atoms with Crippen LogP contribution in [0.2, 0.25) is 5.02 Å². The summed E-state index contributed by atoms with van der Waals surface area (Å²) in [7, 11) is 0. The smallest absolute Gasteiger partial charge is 0.243 e. The standard InChI is InChI=1S/C28H29ClF2N2O2/c1-3-19(2)32-28(35)26(16-20-10-5-4-6-11-20)33(18-21-12-7-8-14-24(21)30)27(34)17-22-23(29)13-9-15-25(22)31/h4-15,19,26H,3,16-18H2,1-2H3,(H,32,35)/t19-,26+/m1/s1. The Bertz CT molecular complexity index is 1140. The molecule has 0 spiro atoms. The summed E-state index contributed by atoms with van der Waals surface area (Å²) in [5, 5.41) is 3.06. The van der Waals surface area contributed by atoms with Gasteiger partial charge < -0.3 is 10.2 Å². The molecule has 184 valence electrons. The van der Waals surface area contributed by atoms with Crippen LogP contribution >= 0.6 is 11.6 Å². The number of hydrogen-bond acceptors (Lipinski definition) is 2. The second-order valence-corrected chi connectivity index (χ2v) is 8.92. The minimum atomic E-state index is -0.941. The van der Waals surface area contributed by atoms with Crippen LogP contribution in [-0.2, 0) is 29.0 Å². The van der Waals surface area contributed by atoms with Crippen LogP contribution in [0.5, 0.6) is 0 Å². The third-order valence-electron chi connectivity index (χ3n) is 5.96. The van der Waals surface area contributed by atoms with Gasteiger partial charge in [-0.15, -0.1) is 0 Å². The van der Waals surface area contributed by atoms with E-state index < -0.39 is 23.6 Å². The van der Waals surface area contributed by atoms with E-state index in [2.05, 4.69) is 5.32 Å². The monoisotopic (exact) mass is 498 g/mol. The van der Waals surface area contributed by atoms with Crippen molar-refractivity contribution in [2.45, 2.75) is 51.7 Å². The fourth-order valence-corrected chi connectivity index (χ4v) is 3.99. The number of nitrogens with one attached hydrogen (secondary N) is 1. The van der Waals surface area contributed by atoms with E-state index in [4.69, 9.17) is 11.6 Å². The Labute approximate surface area is 209 Å². The van der Waals surface area contributed by atoms with Crippen LogP contribution in [0.3, 0.4) is 0 Å². The van der Waals surface area contributed by atoms with Crippen LogP contribution in [0.25, 0.3) is 0 Å². The topological polar surface area (TPSA) is 49.4 Å². The minimum absolute atomic E-state index is 0.0403. The summed E-state index contributed by atoms with van der Waals surface area (Å²) < 4.78 is 29.1. The molecule has 0 bridgehead atoms. The molecule has 0 saturated heterocycles. The van der Waals surface area contributed by atoms with Crippen molar-refractivity contribution in [3.8, 4) is 0 Å². The van der Waals surface area contributed by atoms with Crippen molar-refractivity contribution < 1.29 is 18.4 Å². The molecular weight excluding hydrogens is 470 g/mol. The van der Waals surface area contributed by atoms with Gasteiger partial charge in [-0.05, 0) is 37.1 Å². The summed E-state index contributed by atoms with van der Waals surface area (Å²) in [6.45, 7) is 3.67. The van der Waals surface area contributed by atoms with Crippen molar-refractivity contribution in [1.82, 2.24) is 10.2 Å². The summed E-state index contributed by atoms with van der Waals surface area (Å²) in [6, 6.07) is 18.5. The molecule has 0 aliphatic carbocycles. The molecule has 35 heavy (non-hydrogen) atoms. The molecule has 7 heteroatoms. The molecule has 0 radical (unpaired) electrons.